The number of thioether (sulfide) groups is 1. The molecule has 0 spiro atoms. The van der Waals surface area contributed by atoms with Crippen LogP contribution in [0.15, 0.2) is 52.9 Å². The zero-order chi connectivity index (χ0) is 20.6. The molecule has 2 aromatic heterocycles. The van der Waals surface area contributed by atoms with Crippen LogP contribution in [0.5, 0.6) is 0 Å². The van der Waals surface area contributed by atoms with Crippen molar-refractivity contribution >= 4 is 34.8 Å². The van der Waals surface area contributed by atoms with Gasteiger partial charge in [0.1, 0.15) is 17.7 Å². The van der Waals surface area contributed by atoms with Gasteiger partial charge in [-0.1, -0.05) is 48.2 Å². The standard InChI is InChI=1S/C21H17N5OS2/c22-11-15-19(17-7-4-10-28-17)16(12-23)21(26-20(15)24)29-13-18(27)25-9-8-14-5-2-1-3-6-14/h1-7,10H,8-9,13H2,(H2,24,26)(H,25,27)/p+1. The summed E-state index contributed by atoms with van der Waals surface area (Å²) in [5.41, 5.74) is 8.23. The van der Waals surface area contributed by atoms with Gasteiger partial charge >= 0.3 is 0 Å². The second kappa shape index (κ2) is 9.74. The van der Waals surface area contributed by atoms with Crippen molar-refractivity contribution in [1.82, 2.24) is 5.32 Å². The molecule has 1 amide bonds. The smallest absolute Gasteiger partial charge is 0.289 e. The fourth-order valence-electron chi connectivity index (χ4n) is 2.80. The highest BCUT2D eigenvalue weighted by atomic mass is 32.2. The summed E-state index contributed by atoms with van der Waals surface area (Å²) >= 11 is 2.62. The van der Waals surface area contributed by atoms with Crippen LogP contribution in [0.1, 0.15) is 16.7 Å². The number of hydrogen-bond acceptors (Lipinski definition) is 6. The number of hydrogen-bond donors (Lipinski definition) is 2. The van der Waals surface area contributed by atoms with Gasteiger partial charge in [-0.15, -0.1) is 11.3 Å². The first kappa shape index (κ1) is 20.4. The Morgan fingerprint density at radius 2 is 1.90 bits per heavy atom. The van der Waals surface area contributed by atoms with Crippen LogP contribution in [0.2, 0.25) is 0 Å². The number of carbonyl (C=O) groups is 1. The lowest BCUT2D eigenvalue weighted by Crippen LogP contribution is -2.28. The van der Waals surface area contributed by atoms with Gasteiger partial charge in [-0.05, 0) is 23.4 Å². The zero-order valence-electron chi connectivity index (χ0n) is 15.4. The summed E-state index contributed by atoms with van der Waals surface area (Å²) in [6, 6.07) is 17.8. The minimum Gasteiger partial charge on any atom is -0.355 e. The second-order valence-corrected chi connectivity index (χ2v) is 8.00. The number of anilines is 1. The highest BCUT2D eigenvalue weighted by molar-refractivity contribution is 7.99. The van der Waals surface area contributed by atoms with Crippen molar-refractivity contribution in [2.24, 2.45) is 0 Å². The number of amides is 1. The summed E-state index contributed by atoms with van der Waals surface area (Å²) < 4.78 is 0. The molecule has 0 bridgehead atoms. The summed E-state index contributed by atoms with van der Waals surface area (Å²) in [6.07, 6.45) is 0.749. The lowest BCUT2D eigenvalue weighted by Gasteiger charge is -2.09. The van der Waals surface area contributed by atoms with Crippen LogP contribution >= 0.6 is 23.1 Å². The van der Waals surface area contributed by atoms with E-state index in [9.17, 15) is 15.3 Å². The lowest BCUT2D eigenvalue weighted by molar-refractivity contribution is -0.410. The van der Waals surface area contributed by atoms with Crippen LogP contribution in [-0.2, 0) is 11.2 Å². The Morgan fingerprint density at radius 1 is 1.14 bits per heavy atom. The number of nitrogens with two attached hydrogens (primary N) is 1. The molecule has 0 aliphatic heterocycles. The quantitative estimate of drug-likeness (QED) is 0.570. The summed E-state index contributed by atoms with van der Waals surface area (Å²) in [5.74, 6) is 0.181. The molecule has 0 saturated carbocycles. The molecule has 3 rings (SSSR count). The molecule has 29 heavy (non-hydrogen) atoms. The van der Waals surface area contributed by atoms with Crippen molar-refractivity contribution in [3.05, 3.63) is 64.5 Å². The summed E-state index contributed by atoms with van der Waals surface area (Å²) in [4.78, 5) is 15.9. The molecule has 0 aliphatic carbocycles. The maximum Gasteiger partial charge on any atom is 0.289 e. The predicted molar refractivity (Wildman–Crippen MR) is 114 cm³/mol. The Labute approximate surface area is 177 Å². The first-order chi connectivity index (χ1) is 14.1. The molecule has 0 aliphatic rings. The molecule has 144 valence electrons. The summed E-state index contributed by atoms with van der Waals surface area (Å²) in [7, 11) is 0. The fourth-order valence-corrected chi connectivity index (χ4v) is 4.43. The molecule has 0 saturated heterocycles. The maximum absolute atomic E-state index is 12.2. The Bertz CT molecular complexity index is 1080. The number of aromatic amines is 1. The molecule has 8 heteroatoms. The largest absolute Gasteiger partial charge is 0.355 e. The van der Waals surface area contributed by atoms with E-state index in [1.165, 1.54) is 23.1 Å². The molecular weight excluding hydrogens is 402 g/mol. The number of nitriles is 2. The van der Waals surface area contributed by atoms with Crippen molar-refractivity contribution < 1.29 is 9.78 Å². The molecule has 1 aromatic carbocycles. The number of pyridine rings is 1. The van der Waals surface area contributed by atoms with Crippen LogP contribution in [-0.4, -0.2) is 18.2 Å². The Hall–Kier alpha value is -3.33. The van der Waals surface area contributed by atoms with E-state index in [0.717, 1.165) is 16.9 Å². The molecule has 0 unspecified atom stereocenters. The molecule has 0 radical (unpaired) electrons. The highest BCUT2D eigenvalue weighted by Gasteiger charge is 2.24. The number of H-pyrrole nitrogens is 1. The minimum atomic E-state index is -0.135. The average molecular weight is 421 g/mol. The summed E-state index contributed by atoms with van der Waals surface area (Å²) in [5, 5.41) is 24.4. The Balaban J connectivity index is 1.72. The van der Waals surface area contributed by atoms with Gasteiger partial charge in [0, 0.05) is 17.0 Å². The monoisotopic (exact) mass is 420 g/mol. The number of benzene rings is 1. The number of thiophene rings is 1. The maximum atomic E-state index is 12.2. The van der Waals surface area contributed by atoms with E-state index >= 15 is 0 Å². The van der Waals surface area contributed by atoms with Gasteiger partial charge in [-0.2, -0.15) is 10.5 Å². The van der Waals surface area contributed by atoms with E-state index in [4.69, 9.17) is 5.73 Å². The Morgan fingerprint density at radius 3 is 2.55 bits per heavy atom. The van der Waals surface area contributed by atoms with Crippen molar-refractivity contribution in [2.45, 2.75) is 11.4 Å². The molecular formula is C21H18N5OS2+. The van der Waals surface area contributed by atoms with Crippen molar-refractivity contribution in [3.8, 4) is 22.6 Å². The van der Waals surface area contributed by atoms with Gasteiger partial charge < -0.3 is 5.32 Å². The summed E-state index contributed by atoms with van der Waals surface area (Å²) in [6.45, 7) is 0.536. The van der Waals surface area contributed by atoms with Gasteiger partial charge in [0.2, 0.25) is 5.91 Å². The average Bonchev–Trinajstić information content (AvgIpc) is 3.27. The van der Waals surface area contributed by atoms with Gasteiger partial charge in [-0.3, -0.25) is 10.5 Å². The number of carbonyl (C=O) groups excluding carboxylic acids is 1. The van der Waals surface area contributed by atoms with Gasteiger partial charge in [-0.25, -0.2) is 4.98 Å². The number of nitrogens with zero attached hydrogens (tertiary/aromatic N) is 2. The fraction of sp³-hybridized carbons (Fsp3) is 0.143. The normalized spacial score (nSPS) is 10.1. The third kappa shape index (κ3) is 4.94. The minimum absolute atomic E-state index is 0.134. The van der Waals surface area contributed by atoms with Crippen LogP contribution in [0.4, 0.5) is 5.82 Å². The van der Waals surface area contributed by atoms with E-state index in [0.29, 0.717) is 22.7 Å². The number of nitrogen functional groups attached to an aromatic ring is 1. The molecule has 3 aromatic rings. The van der Waals surface area contributed by atoms with Crippen molar-refractivity contribution in [2.75, 3.05) is 18.0 Å². The van der Waals surface area contributed by atoms with E-state index in [1.807, 2.05) is 47.8 Å². The molecule has 0 atom stereocenters. The first-order valence-corrected chi connectivity index (χ1v) is 10.7. The first-order valence-electron chi connectivity index (χ1n) is 8.80. The number of nitrogens with one attached hydrogen (secondary N) is 2. The van der Waals surface area contributed by atoms with E-state index in [2.05, 4.69) is 22.4 Å². The van der Waals surface area contributed by atoms with Crippen molar-refractivity contribution in [1.29, 1.82) is 10.5 Å². The van der Waals surface area contributed by atoms with Crippen LogP contribution in [0, 0.1) is 22.7 Å². The number of rotatable bonds is 7. The topological polar surface area (TPSA) is 117 Å². The van der Waals surface area contributed by atoms with Gasteiger partial charge in [0.15, 0.2) is 10.6 Å². The SMILES string of the molecule is N#Cc1c(N)[nH+]c(SCC(=O)NCCc2ccccc2)c(C#N)c1-c1cccs1. The molecule has 0 fully saturated rings. The molecule has 4 N–H and O–H groups in total. The third-order valence-electron chi connectivity index (χ3n) is 4.16. The highest BCUT2D eigenvalue weighted by Crippen LogP contribution is 2.35. The zero-order valence-corrected chi connectivity index (χ0v) is 17.1. The van der Waals surface area contributed by atoms with Gasteiger partial charge in [0.05, 0.1) is 5.75 Å². The lowest BCUT2D eigenvalue weighted by atomic mass is 10.0. The Kier molecular flexibility index (Phi) is 6.85. The van der Waals surface area contributed by atoms with Crippen LogP contribution < -0.4 is 16.0 Å². The van der Waals surface area contributed by atoms with Gasteiger partial charge in [0.25, 0.3) is 5.82 Å². The molecule has 6 nitrogen and oxygen atoms in total. The van der Waals surface area contributed by atoms with Crippen molar-refractivity contribution in [3.63, 3.8) is 0 Å². The second-order valence-electron chi connectivity index (χ2n) is 6.07. The van der Waals surface area contributed by atoms with Crippen LogP contribution in [0.25, 0.3) is 10.4 Å². The van der Waals surface area contributed by atoms with E-state index < -0.39 is 0 Å². The van der Waals surface area contributed by atoms with Crippen LogP contribution in [0.3, 0.4) is 0 Å². The predicted octanol–water partition coefficient (Wildman–Crippen LogP) is 3.01. The molecule has 2 heterocycles. The third-order valence-corrected chi connectivity index (χ3v) is 6.05. The van der Waals surface area contributed by atoms with E-state index in [-0.39, 0.29) is 23.0 Å². The van der Waals surface area contributed by atoms with E-state index in [1.54, 1.807) is 0 Å². The number of aromatic nitrogens is 1.